The summed E-state index contributed by atoms with van der Waals surface area (Å²) in [4.78, 5) is 23.0. The summed E-state index contributed by atoms with van der Waals surface area (Å²) in [6.45, 7) is 0.482. The lowest BCUT2D eigenvalue weighted by atomic mass is 10.1. The van der Waals surface area contributed by atoms with Crippen molar-refractivity contribution >= 4 is 11.8 Å². The fourth-order valence-electron chi connectivity index (χ4n) is 2.05. The van der Waals surface area contributed by atoms with Crippen LogP contribution >= 0.6 is 0 Å². The largest absolute Gasteiger partial charge is 0.352 e. The van der Waals surface area contributed by atoms with Crippen LogP contribution < -0.4 is 16.4 Å². The van der Waals surface area contributed by atoms with E-state index in [1.54, 1.807) is 0 Å². The first-order valence-corrected chi connectivity index (χ1v) is 6.66. The summed E-state index contributed by atoms with van der Waals surface area (Å²) >= 11 is 0. The molecule has 21 heavy (non-hydrogen) atoms. The van der Waals surface area contributed by atoms with Gasteiger partial charge in [-0.1, -0.05) is 11.8 Å². The van der Waals surface area contributed by atoms with Gasteiger partial charge >= 0.3 is 0 Å². The maximum atomic E-state index is 13.7. The van der Waals surface area contributed by atoms with Gasteiger partial charge in [0.15, 0.2) is 0 Å². The Labute approximate surface area is 122 Å². The average Bonchev–Trinajstić information content (AvgIpc) is 2.89. The predicted molar refractivity (Wildman–Crippen MR) is 75.8 cm³/mol. The number of hydrogen-bond donors (Lipinski definition) is 3. The minimum Gasteiger partial charge on any atom is -0.352 e. The molecule has 1 unspecified atom stereocenters. The molecule has 4 N–H and O–H groups in total. The Morgan fingerprint density at radius 1 is 1.52 bits per heavy atom. The van der Waals surface area contributed by atoms with E-state index in [1.165, 1.54) is 12.1 Å². The quantitative estimate of drug-likeness (QED) is 0.692. The standard InChI is InChI=1S/C15H16FN3O2/c16-13-8-11(4-3-10(13)2-1-7-17)15(21)18-9-12-5-6-14(20)19-12/h3-4,8,12H,5-7,9,17H2,(H,18,21)(H,19,20). The number of hydrogen-bond acceptors (Lipinski definition) is 3. The molecule has 1 atom stereocenters. The molecule has 1 saturated heterocycles. The van der Waals surface area contributed by atoms with Crippen LogP contribution in [0.4, 0.5) is 4.39 Å². The Balaban J connectivity index is 1.96. The summed E-state index contributed by atoms with van der Waals surface area (Å²) in [5.74, 6) is 4.20. The summed E-state index contributed by atoms with van der Waals surface area (Å²) in [6.07, 6.45) is 1.17. The van der Waals surface area contributed by atoms with E-state index in [-0.39, 0.29) is 35.5 Å². The Morgan fingerprint density at radius 2 is 2.33 bits per heavy atom. The van der Waals surface area contributed by atoms with E-state index in [9.17, 15) is 14.0 Å². The third kappa shape index (κ3) is 4.04. The van der Waals surface area contributed by atoms with Crippen LogP contribution in [-0.4, -0.2) is 30.9 Å². The zero-order chi connectivity index (χ0) is 15.2. The molecule has 0 bridgehead atoms. The minimum absolute atomic E-state index is 0.0110. The molecule has 0 radical (unpaired) electrons. The van der Waals surface area contributed by atoms with Gasteiger partial charge in [-0.2, -0.15) is 0 Å². The molecule has 110 valence electrons. The van der Waals surface area contributed by atoms with Crippen LogP contribution in [0.3, 0.4) is 0 Å². The van der Waals surface area contributed by atoms with Gasteiger partial charge in [-0.15, -0.1) is 0 Å². The molecule has 6 heteroatoms. The molecule has 1 fully saturated rings. The summed E-state index contributed by atoms with van der Waals surface area (Å²) in [7, 11) is 0. The third-order valence-electron chi connectivity index (χ3n) is 3.15. The fraction of sp³-hybridized carbons (Fsp3) is 0.333. The van der Waals surface area contributed by atoms with Gasteiger partial charge in [-0.05, 0) is 24.6 Å². The third-order valence-corrected chi connectivity index (χ3v) is 3.15. The van der Waals surface area contributed by atoms with E-state index < -0.39 is 5.82 Å². The lowest BCUT2D eigenvalue weighted by Crippen LogP contribution is -2.38. The number of nitrogens with two attached hydrogens (primary N) is 1. The Bertz CT molecular complexity index is 619. The van der Waals surface area contributed by atoms with E-state index in [0.717, 1.165) is 6.07 Å². The lowest BCUT2D eigenvalue weighted by Gasteiger charge is -2.11. The number of rotatable bonds is 3. The molecule has 2 rings (SSSR count). The molecule has 0 aliphatic carbocycles. The highest BCUT2D eigenvalue weighted by Gasteiger charge is 2.21. The monoisotopic (exact) mass is 289 g/mol. The molecule has 1 heterocycles. The van der Waals surface area contributed by atoms with Crippen molar-refractivity contribution < 1.29 is 14.0 Å². The van der Waals surface area contributed by atoms with Crippen LogP contribution in [0.5, 0.6) is 0 Å². The number of halogens is 1. The molecule has 1 aliphatic rings. The summed E-state index contributed by atoms with van der Waals surface area (Å²) in [5.41, 5.74) is 5.65. The molecule has 1 aliphatic heterocycles. The SMILES string of the molecule is NCC#Cc1ccc(C(=O)NCC2CCC(=O)N2)cc1F. The van der Waals surface area contributed by atoms with Gasteiger partial charge in [-0.25, -0.2) is 4.39 Å². The number of amides is 2. The van der Waals surface area contributed by atoms with E-state index in [4.69, 9.17) is 5.73 Å². The van der Waals surface area contributed by atoms with Crippen molar-refractivity contribution in [3.63, 3.8) is 0 Å². The highest BCUT2D eigenvalue weighted by Crippen LogP contribution is 2.10. The van der Waals surface area contributed by atoms with Crippen LogP contribution in [0.2, 0.25) is 0 Å². The molecule has 0 aromatic heterocycles. The van der Waals surface area contributed by atoms with Gasteiger partial charge in [0.1, 0.15) is 5.82 Å². The summed E-state index contributed by atoms with van der Waals surface area (Å²) in [6, 6.07) is 4.04. The fourth-order valence-corrected chi connectivity index (χ4v) is 2.05. The normalized spacial score (nSPS) is 16.9. The molecular weight excluding hydrogens is 273 g/mol. The van der Waals surface area contributed by atoms with Crippen LogP contribution in [0.25, 0.3) is 0 Å². The Morgan fingerprint density at radius 3 is 2.95 bits per heavy atom. The molecule has 0 saturated carbocycles. The Hall–Kier alpha value is -2.39. The number of nitrogens with one attached hydrogen (secondary N) is 2. The molecular formula is C15H16FN3O2. The van der Waals surface area contributed by atoms with Crippen LogP contribution in [0.1, 0.15) is 28.8 Å². The van der Waals surface area contributed by atoms with Crippen LogP contribution in [0.15, 0.2) is 18.2 Å². The molecule has 1 aromatic rings. The van der Waals surface area contributed by atoms with Crippen LogP contribution in [-0.2, 0) is 4.79 Å². The van der Waals surface area contributed by atoms with Crippen molar-refractivity contribution in [2.24, 2.45) is 5.73 Å². The maximum Gasteiger partial charge on any atom is 0.251 e. The molecule has 2 amide bonds. The van der Waals surface area contributed by atoms with E-state index >= 15 is 0 Å². The smallest absolute Gasteiger partial charge is 0.251 e. The second kappa shape index (κ2) is 6.86. The molecule has 0 spiro atoms. The lowest BCUT2D eigenvalue weighted by molar-refractivity contribution is -0.119. The van der Waals surface area contributed by atoms with E-state index in [0.29, 0.717) is 19.4 Å². The first kappa shape index (κ1) is 15.0. The zero-order valence-electron chi connectivity index (χ0n) is 11.4. The average molecular weight is 289 g/mol. The van der Waals surface area contributed by atoms with Crippen LogP contribution in [0, 0.1) is 17.7 Å². The van der Waals surface area contributed by atoms with Crippen molar-refractivity contribution in [2.45, 2.75) is 18.9 Å². The van der Waals surface area contributed by atoms with Crippen molar-refractivity contribution in [1.29, 1.82) is 0 Å². The van der Waals surface area contributed by atoms with Gasteiger partial charge in [0.05, 0.1) is 12.1 Å². The van der Waals surface area contributed by atoms with Crippen molar-refractivity contribution in [1.82, 2.24) is 10.6 Å². The minimum atomic E-state index is -0.558. The van der Waals surface area contributed by atoms with Gasteiger partial charge in [0, 0.05) is 24.6 Å². The summed E-state index contributed by atoms with van der Waals surface area (Å²) in [5, 5.41) is 5.42. The topological polar surface area (TPSA) is 84.2 Å². The van der Waals surface area contributed by atoms with Gasteiger partial charge < -0.3 is 16.4 Å². The van der Waals surface area contributed by atoms with Crippen molar-refractivity contribution in [2.75, 3.05) is 13.1 Å². The highest BCUT2D eigenvalue weighted by atomic mass is 19.1. The van der Waals surface area contributed by atoms with E-state index in [1.807, 2.05) is 0 Å². The zero-order valence-corrected chi connectivity index (χ0v) is 11.4. The molecule has 5 nitrogen and oxygen atoms in total. The Kier molecular flexibility index (Phi) is 4.90. The van der Waals surface area contributed by atoms with Gasteiger partial charge in [0.2, 0.25) is 5.91 Å². The second-order valence-electron chi connectivity index (χ2n) is 4.71. The number of benzene rings is 1. The predicted octanol–water partition coefficient (Wildman–Crippen LogP) is 0.144. The van der Waals surface area contributed by atoms with E-state index in [2.05, 4.69) is 22.5 Å². The van der Waals surface area contributed by atoms with Crippen molar-refractivity contribution in [3.8, 4) is 11.8 Å². The first-order valence-electron chi connectivity index (χ1n) is 6.66. The summed E-state index contributed by atoms with van der Waals surface area (Å²) < 4.78 is 13.7. The molecule has 1 aromatic carbocycles. The van der Waals surface area contributed by atoms with Gasteiger partial charge in [0.25, 0.3) is 5.91 Å². The van der Waals surface area contributed by atoms with Crippen molar-refractivity contribution in [3.05, 3.63) is 35.1 Å². The highest BCUT2D eigenvalue weighted by molar-refractivity contribution is 5.94. The van der Waals surface area contributed by atoms with Gasteiger partial charge in [-0.3, -0.25) is 9.59 Å². The maximum absolute atomic E-state index is 13.7. The first-order chi connectivity index (χ1) is 10.1. The second-order valence-corrected chi connectivity index (χ2v) is 4.71. The number of carbonyl (C=O) groups is 2. The number of carbonyl (C=O) groups excluding carboxylic acids is 2.